The lowest BCUT2D eigenvalue weighted by atomic mass is 10.1. The molecule has 26 heavy (non-hydrogen) atoms. The fourth-order valence-electron chi connectivity index (χ4n) is 3.45. The van der Waals surface area contributed by atoms with Crippen molar-refractivity contribution in [2.24, 2.45) is 0 Å². The van der Waals surface area contributed by atoms with Gasteiger partial charge in [-0.1, -0.05) is 18.2 Å². The molecule has 2 N–H and O–H groups in total. The number of methoxy groups -OCH3 is 1. The van der Waals surface area contributed by atoms with Gasteiger partial charge in [-0.15, -0.1) is 0 Å². The highest BCUT2D eigenvalue weighted by atomic mass is 16.5. The predicted octanol–water partition coefficient (Wildman–Crippen LogP) is 2.39. The van der Waals surface area contributed by atoms with Crippen molar-refractivity contribution in [2.45, 2.75) is 39.0 Å². The maximum absolute atomic E-state index is 12.9. The zero-order valence-electron chi connectivity index (χ0n) is 15.5. The fraction of sp³-hybridized carbons (Fsp3) is 0.474. The Hall–Kier alpha value is -2.38. The van der Waals surface area contributed by atoms with Gasteiger partial charge in [-0.05, 0) is 26.8 Å². The van der Waals surface area contributed by atoms with E-state index in [-0.39, 0.29) is 29.9 Å². The molecule has 1 aromatic carbocycles. The Morgan fingerprint density at radius 3 is 2.58 bits per heavy atom. The van der Waals surface area contributed by atoms with Crippen LogP contribution in [-0.2, 0) is 14.3 Å². The molecule has 7 nitrogen and oxygen atoms in total. The second-order valence-electron chi connectivity index (χ2n) is 6.79. The highest BCUT2D eigenvalue weighted by molar-refractivity contribution is 6.11. The van der Waals surface area contributed by atoms with Gasteiger partial charge < -0.3 is 19.8 Å². The number of rotatable bonds is 4. The smallest absolute Gasteiger partial charge is 0.356 e. The second-order valence-corrected chi connectivity index (χ2v) is 6.79. The van der Waals surface area contributed by atoms with Gasteiger partial charge >= 0.3 is 5.97 Å². The first kappa shape index (κ1) is 18.4. The number of nitrogens with zero attached hydrogens (tertiary/aromatic N) is 1. The zero-order chi connectivity index (χ0) is 18.8. The highest BCUT2D eigenvalue weighted by Crippen LogP contribution is 2.28. The molecule has 1 aliphatic heterocycles. The van der Waals surface area contributed by atoms with Crippen LogP contribution in [-0.4, -0.2) is 60.2 Å². The van der Waals surface area contributed by atoms with Crippen molar-refractivity contribution in [3.05, 3.63) is 30.0 Å². The quantitative estimate of drug-likeness (QED) is 0.819. The lowest BCUT2D eigenvalue weighted by Gasteiger charge is -2.38. The maximum atomic E-state index is 12.9. The normalized spacial score (nSPS) is 22.2. The minimum atomic E-state index is -0.516. The molecule has 0 unspecified atom stereocenters. The molecule has 0 bridgehead atoms. The summed E-state index contributed by atoms with van der Waals surface area (Å²) in [5, 5.41) is 3.70. The molecule has 1 saturated heterocycles. The largest absolute Gasteiger partial charge is 0.464 e. The Morgan fingerprint density at radius 1 is 1.27 bits per heavy atom. The fourth-order valence-corrected chi connectivity index (χ4v) is 3.45. The molecule has 140 valence electrons. The van der Waals surface area contributed by atoms with E-state index in [2.05, 4.69) is 15.2 Å². The molecule has 1 fully saturated rings. The van der Waals surface area contributed by atoms with Gasteiger partial charge in [-0.2, -0.15) is 0 Å². The number of esters is 1. The number of fused-ring (bicyclic) bond motifs is 1. The van der Waals surface area contributed by atoms with Gasteiger partial charge in [0.05, 0.1) is 31.0 Å². The number of benzene rings is 1. The average Bonchev–Trinajstić information content (AvgIpc) is 2.98. The van der Waals surface area contributed by atoms with Gasteiger partial charge in [0.25, 0.3) is 0 Å². The van der Waals surface area contributed by atoms with Crippen LogP contribution in [0.1, 0.15) is 31.3 Å². The van der Waals surface area contributed by atoms with E-state index < -0.39 is 5.97 Å². The van der Waals surface area contributed by atoms with Crippen molar-refractivity contribution >= 4 is 28.5 Å². The number of amides is 1. The Morgan fingerprint density at radius 2 is 1.92 bits per heavy atom. The Bertz CT molecular complexity index is 806. The van der Waals surface area contributed by atoms with Crippen molar-refractivity contribution < 1.29 is 19.1 Å². The standard InChI is InChI=1S/C19H25N3O4/c1-11-9-22(10-12(2)26-11)13(3)18(23)21-16-14-7-5-6-8-15(14)20-17(16)19(24)25-4/h5-8,11-13,20H,9-10H2,1-4H3,(H,21,23)/t11-,12-,13+/m1/s1. The summed E-state index contributed by atoms with van der Waals surface area (Å²) in [6.45, 7) is 7.25. The summed E-state index contributed by atoms with van der Waals surface area (Å²) in [7, 11) is 1.32. The van der Waals surface area contributed by atoms with E-state index in [4.69, 9.17) is 9.47 Å². The molecule has 1 aliphatic rings. The van der Waals surface area contributed by atoms with Gasteiger partial charge in [0, 0.05) is 24.0 Å². The molecule has 0 radical (unpaired) electrons. The lowest BCUT2D eigenvalue weighted by molar-refractivity contribution is -0.126. The van der Waals surface area contributed by atoms with E-state index in [1.807, 2.05) is 45.0 Å². The summed E-state index contributed by atoms with van der Waals surface area (Å²) in [4.78, 5) is 30.1. The molecular weight excluding hydrogens is 334 g/mol. The summed E-state index contributed by atoms with van der Waals surface area (Å²) in [5.74, 6) is -0.682. The minimum Gasteiger partial charge on any atom is -0.464 e. The molecule has 2 heterocycles. The molecule has 1 aromatic heterocycles. The number of morpholine rings is 1. The number of hydrogen-bond donors (Lipinski definition) is 2. The average molecular weight is 359 g/mol. The highest BCUT2D eigenvalue weighted by Gasteiger charge is 2.30. The number of carbonyl (C=O) groups is 2. The van der Waals surface area contributed by atoms with Crippen LogP contribution >= 0.6 is 0 Å². The van der Waals surface area contributed by atoms with Crippen molar-refractivity contribution in [3.8, 4) is 0 Å². The van der Waals surface area contributed by atoms with Gasteiger partial charge in [0.1, 0.15) is 5.69 Å². The number of para-hydroxylation sites is 1. The number of ether oxygens (including phenoxy) is 2. The summed E-state index contributed by atoms with van der Waals surface area (Å²) in [6.07, 6.45) is 0.153. The molecule has 0 aliphatic carbocycles. The first-order valence-corrected chi connectivity index (χ1v) is 8.80. The topological polar surface area (TPSA) is 83.7 Å². The Labute approximate surface area is 152 Å². The summed E-state index contributed by atoms with van der Waals surface area (Å²) >= 11 is 0. The number of carbonyl (C=O) groups excluding carboxylic acids is 2. The van der Waals surface area contributed by atoms with E-state index in [1.165, 1.54) is 7.11 Å². The first-order valence-electron chi connectivity index (χ1n) is 8.80. The minimum absolute atomic E-state index is 0.0766. The van der Waals surface area contributed by atoms with Crippen LogP contribution in [0.5, 0.6) is 0 Å². The summed E-state index contributed by atoms with van der Waals surface area (Å²) in [5.41, 5.74) is 1.47. The summed E-state index contributed by atoms with van der Waals surface area (Å²) < 4.78 is 10.6. The Kier molecular flexibility index (Phi) is 5.29. The number of anilines is 1. The van der Waals surface area contributed by atoms with Crippen LogP contribution in [0.4, 0.5) is 5.69 Å². The molecule has 0 spiro atoms. The number of H-pyrrole nitrogens is 1. The summed E-state index contributed by atoms with van der Waals surface area (Å²) in [6, 6.07) is 7.10. The van der Waals surface area contributed by atoms with Crippen molar-refractivity contribution in [1.82, 2.24) is 9.88 Å². The molecule has 3 rings (SSSR count). The molecular formula is C19H25N3O4. The van der Waals surface area contributed by atoms with Crippen LogP contribution in [0.15, 0.2) is 24.3 Å². The molecule has 1 amide bonds. The molecule has 3 atom stereocenters. The number of aromatic nitrogens is 1. The molecule has 7 heteroatoms. The number of nitrogens with one attached hydrogen (secondary N) is 2. The van der Waals surface area contributed by atoms with Crippen LogP contribution in [0.2, 0.25) is 0 Å². The van der Waals surface area contributed by atoms with E-state index in [0.29, 0.717) is 18.8 Å². The van der Waals surface area contributed by atoms with E-state index in [9.17, 15) is 9.59 Å². The lowest BCUT2D eigenvalue weighted by Crippen LogP contribution is -2.52. The third kappa shape index (κ3) is 3.59. The number of aromatic amines is 1. The number of hydrogen-bond acceptors (Lipinski definition) is 5. The molecule has 2 aromatic rings. The van der Waals surface area contributed by atoms with Gasteiger partial charge in [0.2, 0.25) is 5.91 Å². The zero-order valence-corrected chi connectivity index (χ0v) is 15.5. The SMILES string of the molecule is COC(=O)c1[nH]c2ccccc2c1NC(=O)[C@H](C)N1C[C@@H](C)O[C@H](C)C1. The third-order valence-corrected chi connectivity index (χ3v) is 4.72. The van der Waals surface area contributed by atoms with Gasteiger partial charge in [-0.25, -0.2) is 4.79 Å². The van der Waals surface area contributed by atoms with E-state index >= 15 is 0 Å². The monoisotopic (exact) mass is 359 g/mol. The van der Waals surface area contributed by atoms with Crippen LogP contribution < -0.4 is 5.32 Å². The molecule has 0 saturated carbocycles. The van der Waals surface area contributed by atoms with Crippen LogP contribution in [0.25, 0.3) is 10.9 Å². The first-order chi connectivity index (χ1) is 12.4. The van der Waals surface area contributed by atoms with E-state index in [0.717, 1.165) is 10.9 Å². The van der Waals surface area contributed by atoms with Crippen LogP contribution in [0.3, 0.4) is 0 Å². The maximum Gasteiger partial charge on any atom is 0.356 e. The van der Waals surface area contributed by atoms with Gasteiger partial charge in [-0.3, -0.25) is 9.69 Å². The Balaban J connectivity index is 1.85. The van der Waals surface area contributed by atoms with Crippen molar-refractivity contribution in [3.63, 3.8) is 0 Å². The predicted molar refractivity (Wildman–Crippen MR) is 99.3 cm³/mol. The van der Waals surface area contributed by atoms with Crippen molar-refractivity contribution in [1.29, 1.82) is 0 Å². The van der Waals surface area contributed by atoms with Crippen LogP contribution in [0, 0.1) is 0 Å². The third-order valence-electron chi connectivity index (χ3n) is 4.72. The second kappa shape index (κ2) is 7.47. The van der Waals surface area contributed by atoms with E-state index in [1.54, 1.807) is 0 Å². The van der Waals surface area contributed by atoms with Crippen molar-refractivity contribution in [2.75, 3.05) is 25.5 Å². The van der Waals surface area contributed by atoms with Gasteiger partial charge in [0.15, 0.2) is 0 Å².